The molecule has 1 aromatic heterocycles. The van der Waals surface area contributed by atoms with Gasteiger partial charge in [0.1, 0.15) is 11.5 Å². The standard InChI is InChI=1S/C14H15ClO2S/c1-9-6-10(16-2)4-5-12(9)14(15)13-7-11(17-3)8-18-13/h4-8,14H,1-3H3. The van der Waals surface area contributed by atoms with Gasteiger partial charge in [0.2, 0.25) is 0 Å². The van der Waals surface area contributed by atoms with Gasteiger partial charge in [-0.3, -0.25) is 0 Å². The number of hydrogen-bond acceptors (Lipinski definition) is 3. The minimum absolute atomic E-state index is 0.148. The van der Waals surface area contributed by atoms with Gasteiger partial charge in [-0.25, -0.2) is 0 Å². The highest BCUT2D eigenvalue weighted by Crippen LogP contribution is 2.37. The molecule has 4 heteroatoms. The van der Waals surface area contributed by atoms with Crippen molar-refractivity contribution in [2.75, 3.05) is 14.2 Å². The van der Waals surface area contributed by atoms with Crippen molar-refractivity contribution in [1.29, 1.82) is 0 Å². The summed E-state index contributed by atoms with van der Waals surface area (Å²) >= 11 is 8.12. The fraction of sp³-hybridized carbons (Fsp3) is 0.286. The maximum absolute atomic E-state index is 6.52. The summed E-state index contributed by atoms with van der Waals surface area (Å²) in [7, 11) is 3.32. The normalized spacial score (nSPS) is 12.2. The molecule has 2 nitrogen and oxygen atoms in total. The van der Waals surface area contributed by atoms with Crippen LogP contribution >= 0.6 is 22.9 Å². The van der Waals surface area contributed by atoms with E-state index in [4.69, 9.17) is 21.1 Å². The van der Waals surface area contributed by atoms with Crippen LogP contribution in [0.4, 0.5) is 0 Å². The van der Waals surface area contributed by atoms with E-state index in [9.17, 15) is 0 Å². The van der Waals surface area contributed by atoms with Gasteiger partial charge in [0.15, 0.2) is 0 Å². The molecule has 0 fully saturated rings. The van der Waals surface area contributed by atoms with Crippen LogP contribution in [-0.2, 0) is 0 Å². The highest BCUT2D eigenvalue weighted by Gasteiger charge is 2.16. The second kappa shape index (κ2) is 5.63. The third-order valence-electron chi connectivity index (χ3n) is 2.83. The summed E-state index contributed by atoms with van der Waals surface area (Å²) in [5, 5.41) is 1.81. The van der Waals surface area contributed by atoms with Crippen LogP contribution in [0.2, 0.25) is 0 Å². The first-order chi connectivity index (χ1) is 8.65. The number of thiophene rings is 1. The van der Waals surface area contributed by atoms with E-state index in [0.717, 1.165) is 27.5 Å². The van der Waals surface area contributed by atoms with Gasteiger partial charge in [-0.1, -0.05) is 6.07 Å². The Morgan fingerprint density at radius 2 is 1.83 bits per heavy atom. The van der Waals surface area contributed by atoms with E-state index >= 15 is 0 Å². The number of alkyl halides is 1. The van der Waals surface area contributed by atoms with Crippen molar-refractivity contribution < 1.29 is 9.47 Å². The molecule has 0 bridgehead atoms. The third kappa shape index (κ3) is 2.62. The minimum atomic E-state index is -0.148. The van der Waals surface area contributed by atoms with E-state index in [1.165, 1.54) is 0 Å². The van der Waals surface area contributed by atoms with E-state index in [-0.39, 0.29) is 5.38 Å². The van der Waals surface area contributed by atoms with Crippen LogP contribution in [0.5, 0.6) is 11.5 Å². The second-order valence-corrected chi connectivity index (χ2v) is 5.35. The number of ether oxygens (including phenoxy) is 2. The van der Waals surface area contributed by atoms with Crippen LogP contribution in [-0.4, -0.2) is 14.2 Å². The Morgan fingerprint density at radius 1 is 1.11 bits per heavy atom. The van der Waals surface area contributed by atoms with Crippen LogP contribution in [0.3, 0.4) is 0 Å². The SMILES string of the molecule is COc1csc(C(Cl)c2ccc(OC)cc2C)c1. The third-order valence-corrected chi connectivity index (χ3v) is 4.41. The fourth-order valence-corrected chi connectivity index (χ4v) is 3.10. The molecule has 0 aliphatic rings. The average Bonchev–Trinajstić information content (AvgIpc) is 2.86. The smallest absolute Gasteiger partial charge is 0.129 e. The van der Waals surface area contributed by atoms with Gasteiger partial charge in [-0.05, 0) is 36.2 Å². The van der Waals surface area contributed by atoms with Gasteiger partial charge in [-0.2, -0.15) is 0 Å². The van der Waals surface area contributed by atoms with Gasteiger partial charge in [0, 0.05) is 10.3 Å². The molecule has 0 spiro atoms. The number of halogens is 1. The zero-order chi connectivity index (χ0) is 13.1. The number of hydrogen-bond donors (Lipinski definition) is 0. The zero-order valence-electron chi connectivity index (χ0n) is 10.6. The molecule has 1 atom stereocenters. The summed E-state index contributed by atoms with van der Waals surface area (Å²) in [4.78, 5) is 1.08. The average molecular weight is 283 g/mol. The van der Waals surface area contributed by atoms with Crippen LogP contribution < -0.4 is 9.47 Å². The first-order valence-corrected chi connectivity index (χ1v) is 6.88. The van der Waals surface area contributed by atoms with E-state index in [1.807, 2.05) is 36.6 Å². The number of benzene rings is 1. The Balaban J connectivity index is 2.30. The minimum Gasteiger partial charge on any atom is -0.497 e. The molecular weight excluding hydrogens is 268 g/mol. The Labute approximate surface area is 116 Å². The van der Waals surface area contributed by atoms with Gasteiger partial charge in [0.05, 0.1) is 19.6 Å². The summed E-state index contributed by atoms with van der Waals surface area (Å²) in [6.45, 7) is 2.04. The fourth-order valence-electron chi connectivity index (χ4n) is 1.79. The predicted molar refractivity (Wildman–Crippen MR) is 76.3 cm³/mol. The van der Waals surface area contributed by atoms with Gasteiger partial charge in [-0.15, -0.1) is 22.9 Å². The Hall–Kier alpha value is -1.19. The lowest BCUT2D eigenvalue weighted by Gasteiger charge is -2.12. The van der Waals surface area contributed by atoms with Crippen molar-refractivity contribution in [3.8, 4) is 11.5 Å². The topological polar surface area (TPSA) is 18.5 Å². The van der Waals surface area contributed by atoms with E-state index in [0.29, 0.717) is 0 Å². The lowest BCUT2D eigenvalue weighted by atomic mass is 10.0. The maximum atomic E-state index is 6.52. The monoisotopic (exact) mass is 282 g/mol. The molecule has 1 unspecified atom stereocenters. The molecule has 0 saturated heterocycles. The molecule has 0 saturated carbocycles. The second-order valence-electron chi connectivity index (χ2n) is 3.97. The van der Waals surface area contributed by atoms with E-state index in [2.05, 4.69) is 0 Å². The summed E-state index contributed by atoms with van der Waals surface area (Å²) in [5.41, 5.74) is 2.23. The molecule has 96 valence electrons. The van der Waals surface area contributed by atoms with Crippen LogP contribution in [0.15, 0.2) is 29.6 Å². The number of aryl methyl sites for hydroxylation is 1. The summed E-state index contributed by atoms with van der Waals surface area (Å²) in [6, 6.07) is 7.92. The molecule has 18 heavy (non-hydrogen) atoms. The van der Waals surface area contributed by atoms with E-state index in [1.54, 1.807) is 25.6 Å². The Kier molecular flexibility index (Phi) is 4.15. The molecule has 2 rings (SSSR count). The number of rotatable bonds is 4. The van der Waals surface area contributed by atoms with Crippen molar-refractivity contribution in [3.05, 3.63) is 45.6 Å². The molecule has 0 aliphatic heterocycles. The lowest BCUT2D eigenvalue weighted by Crippen LogP contribution is -1.95. The van der Waals surface area contributed by atoms with Crippen molar-refractivity contribution in [2.24, 2.45) is 0 Å². The van der Waals surface area contributed by atoms with Gasteiger partial charge in [0.25, 0.3) is 0 Å². The molecule has 2 aromatic rings. The molecule has 1 aromatic carbocycles. The van der Waals surface area contributed by atoms with Gasteiger partial charge >= 0.3 is 0 Å². The van der Waals surface area contributed by atoms with Crippen molar-refractivity contribution in [1.82, 2.24) is 0 Å². The first kappa shape index (κ1) is 13.2. The van der Waals surface area contributed by atoms with Crippen LogP contribution in [0.1, 0.15) is 21.4 Å². The first-order valence-electron chi connectivity index (χ1n) is 5.56. The summed E-state index contributed by atoms with van der Waals surface area (Å²) < 4.78 is 10.4. The quantitative estimate of drug-likeness (QED) is 0.774. The number of methoxy groups -OCH3 is 2. The van der Waals surface area contributed by atoms with Crippen molar-refractivity contribution in [3.63, 3.8) is 0 Å². The molecule has 1 heterocycles. The molecular formula is C14H15ClO2S. The van der Waals surface area contributed by atoms with Crippen LogP contribution in [0, 0.1) is 6.92 Å². The molecule has 0 N–H and O–H groups in total. The highest BCUT2D eigenvalue weighted by atomic mass is 35.5. The predicted octanol–water partition coefficient (Wildman–Crippen LogP) is 4.40. The Morgan fingerprint density at radius 3 is 2.39 bits per heavy atom. The molecule has 0 amide bonds. The van der Waals surface area contributed by atoms with E-state index < -0.39 is 0 Å². The van der Waals surface area contributed by atoms with Crippen molar-refractivity contribution in [2.45, 2.75) is 12.3 Å². The zero-order valence-corrected chi connectivity index (χ0v) is 12.1. The summed E-state index contributed by atoms with van der Waals surface area (Å²) in [6.07, 6.45) is 0. The highest BCUT2D eigenvalue weighted by molar-refractivity contribution is 7.10. The van der Waals surface area contributed by atoms with Crippen LogP contribution in [0.25, 0.3) is 0 Å². The largest absolute Gasteiger partial charge is 0.497 e. The molecule has 0 aliphatic carbocycles. The van der Waals surface area contributed by atoms with Crippen molar-refractivity contribution >= 4 is 22.9 Å². The molecule has 0 radical (unpaired) electrons. The van der Waals surface area contributed by atoms with Gasteiger partial charge < -0.3 is 9.47 Å². The summed E-state index contributed by atoms with van der Waals surface area (Å²) in [5.74, 6) is 1.70. The lowest BCUT2D eigenvalue weighted by molar-refractivity contribution is 0.414. The maximum Gasteiger partial charge on any atom is 0.129 e. The Bertz CT molecular complexity index is 536.